The molecule has 0 bridgehead atoms. The molecule has 16 heteroatoms. The molecule has 0 radical (unpaired) electrons. The van der Waals surface area contributed by atoms with Gasteiger partial charge in [0.15, 0.2) is 23.0 Å². The van der Waals surface area contributed by atoms with E-state index in [1.54, 1.807) is 6.92 Å². The van der Waals surface area contributed by atoms with Crippen molar-refractivity contribution in [3.8, 4) is 34.5 Å². The molecule has 16 nitrogen and oxygen atoms in total. The van der Waals surface area contributed by atoms with Crippen LogP contribution >= 0.6 is 0 Å². The van der Waals surface area contributed by atoms with E-state index in [9.17, 15) is 45.3 Å². The summed E-state index contributed by atoms with van der Waals surface area (Å²) in [6.07, 6.45) is -8.22. The number of carbonyl (C=O) groups is 2. The van der Waals surface area contributed by atoms with Gasteiger partial charge in [0.1, 0.15) is 36.6 Å². The maximum absolute atomic E-state index is 13.1. The second-order valence-corrected chi connectivity index (χ2v) is 11.0. The van der Waals surface area contributed by atoms with E-state index in [2.05, 4.69) is 5.32 Å². The number of hydrogen-bond acceptors (Lipinski definition) is 15. The van der Waals surface area contributed by atoms with Gasteiger partial charge in [0.05, 0.1) is 38.7 Å². The van der Waals surface area contributed by atoms with Gasteiger partial charge in [-0.1, -0.05) is 30.3 Å². The fourth-order valence-electron chi connectivity index (χ4n) is 4.91. The second kappa shape index (κ2) is 16.4. The average molecular weight is 690 g/mol. The Balaban J connectivity index is 1.51. The Kier molecular flexibility index (Phi) is 12.3. The van der Waals surface area contributed by atoms with Gasteiger partial charge in [0.25, 0.3) is 0 Å². The van der Waals surface area contributed by atoms with Gasteiger partial charge < -0.3 is 69.5 Å². The molecular formula is C33H39NO15. The van der Waals surface area contributed by atoms with Crippen LogP contribution in [0.15, 0.2) is 48.5 Å². The Morgan fingerprint density at radius 1 is 0.898 bits per heavy atom. The van der Waals surface area contributed by atoms with Crippen molar-refractivity contribution in [1.82, 2.24) is 0 Å². The minimum absolute atomic E-state index is 0.0261. The number of esters is 1. The van der Waals surface area contributed by atoms with E-state index in [0.717, 1.165) is 17.7 Å². The number of methoxy groups -OCH3 is 2. The number of hydrogen-bond donors (Lipinski definition) is 8. The Labute approximate surface area is 280 Å². The molecule has 0 amide bonds. The summed E-state index contributed by atoms with van der Waals surface area (Å²) in [7, 11) is 2.47. The van der Waals surface area contributed by atoms with E-state index in [4.69, 9.17) is 28.4 Å². The van der Waals surface area contributed by atoms with Crippen molar-refractivity contribution in [1.29, 1.82) is 0 Å². The van der Waals surface area contributed by atoms with Crippen LogP contribution in [0.2, 0.25) is 0 Å². The number of aliphatic hydroxyl groups excluding tert-OH is 4. The second-order valence-electron chi connectivity index (χ2n) is 11.0. The first-order chi connectivity index (χ1) is 23.4. The number of aromatic hydroxyl groups is 2. The summed E-state index contributed by atoms with van der Waals surface area (Å²) in [5.74, 6) is -4.59. The Morgan fingerprint density at radius 3 is 2.20 bits per heavy atom. The van der Waals surface area contributed by atoms with Crippen LogP contribution in [-0.2, 0) is 15.9 Å². The van der Waals surface area contributed by atoms with Crippen molar-refractivity contribution < 1.29 is 73.8 Å². The molecule has 1 saturated heterocycles. The van der Waals surface area contributed by atoms with E-state index in [1.165, 1.54) is 20.3 Å². The van der Waals surface area contributed by atoms with Crippen molar-refractivity contribution in [2.75, 3.05) is 39.4 Å². The van der Waals surface area contributed by atoms with Gasteiger partial charge in [-0.05, 0) is 12.5 Å². The van der Waals surface area contributed by atoms with Gasteiger partial charge in [-0.25, -0.2) is 9.59 Å². The lowest BCUT2D eigenvalue weighted by molar-refractivity contribution is -0.277. The molecule has 266 valence electrons. The van der Waals surface area contributed by atoms with E-state index >= 15 is 0 Å². The maximum Gasteiger partial charge on any atom is 0.342 e. The maximum atomic E-state index is 13.1. The zero-order valence-corrected chi connectivity index (χ0v) is 26.8. The molecule has 1 aliphatic heterocycles. The lowest BCUT2D eigenvalue weighted by Crippen LogP contribution is -2.60. The van der Waals surface area contributed by atoms with Gasteiger partial charge in [-0.2, -0.15) is 0 Å². The molecule has 0 aromatic heterocycles. The van der Waals surface area contributed by atoms with Crippen LogP contribution in [0.4, 0.5) is 5.69 Å². The SMILES string of the molecule is COc1cc(C(=O)O)c(N[C@H](C)CO)cc1O[C@H]1O[C@H](COC(=O)c2cc(OC)c(O)c(OCCc3ccccc3)c2O)[C@@H](O)[C@H](O)[C@H]1O. The molecule has 4 rings (SSSR count). The molecule has 1 heterocycles. The fraction of sp³-hybridized carbons (Fsp3) is 0.394. The monoisotopic (exact) mass is 689 g/mol. The van der Waals surface area contributed by atoms with Gasteiger partial charge in [-0.3, -0.25) is 0 Å². The molecule has 6 atom stereocenters. The highest BCUT2D eigenvalue weighted by atomic mass is 16.7. The van der Waals surface area contributed by atoms with Crippen molar-refractivity contribution in [2.24, 2.45) is 0 Å². The molecule has 49 heavy (non-hydrogen) atoms. The van der Waals surface area contributed by atoms with Gasteiger partial charge >= 0.3 is 11.9 Å². The summed E-state index contributed by atoms with van der Waals surface area (Å²) in [4.78, 5) is 25.0. The Bertz CT molecular complexity index is 1600. The molecule has 1 aliphatic rings. The number of carboxylic acids is 1. The minimum atomic E-state index is -1.86. The van der Waals surface area contributed by atoms with Crippen LogP contribution < -0.4 is 24.3 Å². The third-order valence-electron chi connectivity index (χ3n) is 7.61. The molecule has 0 unspecified atom stereocenters. The van der Waals surface area contributed by atoms with Crippen LogP contribution in [0.3, 0.4) is 0 Å². The highest BCUT2D eigenvalue weighted by molar-refractivity contribution is 5.96. The Hall–Kier alpha value is -5.00. The molecule has 0 aliphatic carbocycles. The van der Waals surface area contributed by atoms with Crippen LogP contribution in [0.25, 0.3) is 0 Å². The van der Waals surface area contributed by atoms with Crippen LogP contribution in [-0.4, -0.2) is 118 Å². The summed E-state index contributed by atoms with van der Waals surface area (Å²) in [5, 5.41) is 75.2. The molecule has 8 N–H and O–H groups in total. The topological polar surface area (TPSA) is 243 Å². The number of phenolic OH excluding ortho intramolecular Hbond substituents is 2. The van der Waals surface area contributed by atoms with E-state index in [1.807, 2.05) is 30.3 Å². The van der Waals surface area contributed by atoms with Crippen LogP contribution in [0.5, 0.6) is 34.5 Å². The first-order valence-corrected chi connectivity index (χ1v) is 15.1. The standard InChI is InChI=1S/C33H39NO15/c1-16(14-35)34-20-13-22(21(44-2)11-18(20)31(41)42)48-33-29(40)28(39)26(37)24(49-33)15-47-32(43)19-12-23(45-3)27(38)30(25(19)36)46-10-9-17-7-5-4-6-8-17/h4-8,11-13,16,24,26,28-29,33-40H,9-10,14-15H2,1-3H3,(H,41,42)/t16-,24-,26-,28+,29-,33+/m1/s1. The lowest BCUT2D eigenvalue weighted by Gasteiger charge is -2.40. The quantitative estimate of drug-likeness (QED) is 0.105. The predicted molar refractivity (Wildman–Crippen MR) is 170 cm³/mol. The highest BCUT2D eigenvalue weighted by Gasteiger charge is 2.46. The van der Waals surface area contributed by atoms with Gasteiger partial charge in [0, 0.05) is 30.7 Å². The Morgan fingerprint density at radius 2 is 1.57 bits per heavy atom. The molecule has 0 spiro atoms. The summed E-state index contributed by atoms with van der Waals surface area (Å²) in [6.45, 7) is 0.583. The summed E-state index contributed by atoms with van der Waals surface area (Å²) < 4.78 is 32.7. The van der Waals surface area contributed by atoms with Gasteiger partial charge in [0.2, 0.25) is 17.8 Å². The first kappa shape index (κ1) is 36.8. The first-order valence-electron chi connectivity index (χ1n) is 15.1. The van der Waals surface area contributed by atoms with Crippen molar-refractivity contribution in [2.45, 2.75) is 50.1 Å². The average Bonchev–Trinajstić information content (AvgIpc) is 3.09. The van der Waals surface area contributed by atoms with Crippen LogP contribution in [0.1, 0.15) is 33.2 Å². The fourth-order valence-corrected chi connectivity index (χ4v) is 4.91. The van der Waals surface area contributed by atoms with Crippen molar-refractivity contribution in [3.05, 3.63) is 65.2 Å². The minimum Gasteiger partial charge on any atom is -0.504 e. The number of ether oxygens (including phenoxy) is 6. The van der Waals surface area contributed by atoms with Crippen molar-refractivity contribution >= 4 is 17.6 Å². The largest absolute Gasteiger partial charge is 0.504 e. The summed E-state index contributed by atoms with van der Waals surface area (Å²) in [6, 6.07) is 12.1. The summed E-state index contributed by atoms with van der Waals surface area (Å²) in [5.41, 5.74) is 0.291. The van der Waals surface area contributed by atoms with E-state index in [0.29, 0.717) is 6.42 Å². The van der Waals surface area contributed by atoms with Crippen LogP contribution in [0, 0.1) is 0 Å². The summed E-state index contributed by atoms with van der Waals surface area (Å²) >= 11 is 0. The zero-order valence-electron chi connectivity index (χ0n) is 26.8. The normalized spacial score (nSPS) is 20.9. The predicted octanol–water partition coefficient (Wildman–Crippen LogP) is 1.27. The molecular weight excluding hydrogens is 650 g/mol. The third-order valence-corrected chi connectivity index (χ3v) is 7.61. The molecule has 3 aromatic carbocycles. The lowest BCUT2D eigenvalue weighted by atomic mass is 9.99. The number of anilines is 1. The highest BCUT2D eigenvalue weighted by Crippen LogP contribution is 2.46. The molecule has 1 fully saturated rings. The number of aromatic carboxylic acids is 1. The molecule has 0 saturated carbocycles. The number of rotatable bonds is 15. The van der Waals surface area contributed by atoms with Gasteiger partial charge in [-0.15, -0.1) is 0 Å². The van der Waals surface area contributed by atoms with E-state index in [-0.39, 0.29) is 41.7 Å². The zero-order chi connectivity index (χ0) is 35.8. The number of nitrogens with one attached hydrogen (secondary N) is 1. The number of phenols is 2. The number of carboxylic acid groups (broad SMARTS) is 1. The molecule has 3 aromatic rings. The third kappa shape index (κ3) is 8.54. The smallest absolute Gasteiger partial charge is 0.342 e. The number of benzene rings is 3. The number of aliphatic hydroxyl groups is 4. The van der Waals surface area contributed by atoms with E-state index < -0.39 is 78.1 Å². The number of carbonyl (C=O) groups excluding carboxylic acids is 1. The van der Waals surface area contributed by atoms with Crippen molar-refractivity contribution in [3.63, 3.8) is 0 Å².